The summed E-state index contributed by atoms with van der Waals surface area (Å²) in [7, 11) is 0. The highest BCUT2D eigenvalue weighted by Gasteiger charge is 2.19. The minimum Gasteiger partial charge on any atom is -0.462 e. The monoisotopic (exact) mass is 789 g/mol. The molecule has 0 fully saturated rings. The average Bonchev–Trinajstić information content (AvgIpc) is 3.21. The van der Waals surface area contributed by atoms with Gasteiger partial charge >= 0.3 is 17.9 Å². The van der Waals surface area contributed by atoms with Gasteiger partial charge in [0, 0.05) is 19.3 Å². The van der Waals surface area contributed by atoms with Crippen LogP contribution in [0.3, 0.4) is 0 Å². The summed E-state index contributed by atoms with van der Waals surface area (Å²) in [6, 6.07) is 0. The molecule has 0 aromatic carbocycles. The molecule has 0 heterocycles. The Labute approximate surface area is 349 Å². The molecular formula is C51H80O6. The van der Waals surface area contributed by atoms with Crippen molar-refractivity contribution < 1.29 is 28.6 Å². The van der Waals surface area contributed by atoms with Crippen LogP contribution >= 0.6 is 0 Å². The van der Waals surface area contributed by atoms with Gasteiger partial charge in [0.2, 0.25) is 0 Å². The highest BCUT2D eigenvalue weighted by molar-refractivity contribution is 5.71. The summed E-state index contributed by atoms with van der Waals surface area (Å²) >= 11 is 0. The van der Waals surface area contributed by atoms with Crippen molar-refractivity contribution in [3.05, 3.63) is 109 Å². The Bertz CT molecular complexity index is 1230. The Hall–Kier alpha value is -3.93. The van der Waals surface area contributed by atoms with E-state index in [0.717, 1.165) is 122 Å². The van der Waals surface area contributed by atoms with E-state index in [1.165, 1.54) is 12.8 Å². The Morgan fingerprint density at radius 2 is 0.684 bits per heavy atom. The second kappa shape index (κ2) is 44.8. The molecule has 0 aliphatic carbocycles. The van der Waals surface area contributed by atoms with Gasteiger partial charge in [-0.2, -0.15) is 0 Å². The summed E-state index contributed by atoms with van der Waals surface area (Å²) in [5, 5.41) is 0. The summed E-state index contributed by atoms with van der Waals surface area (Å²) in [6.07, 6.45) is 59.2. The van der Waals surface area contributed by atoms with Crippen molar-refractivity contribution in [2.45, 2.75) is 181 Å². The number of esters is 3. The van der Waals surface area contributed by atoms with Crippen LogP contribution in [0.1, 0.15) is 175 Å². The fourth-order valence-electron chi connectivity index (χ4n) is 5.54. The summed E-state index contributed by atoms with van der Waals surface area (Å²) in [4.78, 5) is 37.7. The van der Waals surface area contributed by atoms with E-state index in [-0.39, 0.29) is 37.5 Å². The third-order valence-electron chi connectivity index (χ3n) is 8.93. The number of unbranched alkanes of at least 4 members (excludes halogenated alkanes) is 15. The van der Waals surface area contributed by atoms with Crippen LogP contribution in [0.25, 0.3) is 0 Å². The fourth-order valence-corrected chi connectivity index (χ4v) is 5.54. The minimum absolute atomic E-state index is 0.110. The van der Waals surface area contributed by atoms with E-state index in [1.807, 2.05) is 30.4 Å². The van der Waals surface area contributed by atoms with Crippen molar-refractivity contribution in [2.24, 2.45) is 0 Å². The molecule has 320 valence electrons. The van der Waals surface area contributed by atoms with Crippen molar-refractivity contribution in [2.75, 3.05) is 13.2 Å². The lowest BCUT2D eigenvalue weighted by atomic mass is 10.1. The van der Waals surface area contributed by atoms with Gasteiger partial charge in [0.05, 0.1) is 0 Å². The standard InChI is InChI=1S/C51H80O6/c1-4-7-10-13-16-19-22-24-25-27-29-32-35-38-41-44-50(53)56-47-48(46-55-49(52)43-40-37-34-31-28-21-18-15-12-9-6-3)57-51(54)45-42-39-36-33-30-26-23-20-17-14-11-8-5-2/h7-8,10-11,13-25,28,48H,4-6,9,12,26-27,29-47H2,1-3H3/b10-7-,11-8-,16-13-,17-14-,18-15-,22-19-,23-20-,25-24-,28-21-. The lowest BCUT2D eigenvalue weighted by Gasteiger charge is -2.18. The first-order valence-electron chi connectivity index (χ1n) is 22.5. The van der Waals surface area contributed by atoms with Gasteiger partial charge in [0.1, 0.15) is 13.2 Å². The third-order valence-corrected chi connectivity index (χ3v) is 8.93. The predicted molar refractivity (Wildman–Crippen MR) is 242 cm³/mol. The molecular weight excluding hydrogens is 709 g/mol. The van der Waals surface area contributed by atoms with Gasteiger partial charge in [0.15, 0.2) is 6.10 Å². The van der Waals surface area contributed by atoms with Gasteiger partial charge in [-0.25, -0.2) is 0 Å². The van der Waals surface area contributed by atoms with Gasteiger partial charge < -0.3 is 14.2 Å². The van der Waals surface area contributed by atoms with Crippen LogP contribution in [-0.2, 0) is 28.6 Å². The van der Waals surface area contributed by atoms with Crippen LogP contribution in [0.5, 0.6) is 0 Å². The Morgan fingerprint density at radius 3 is 1.11 bits per heavy atom. The van der Waals surface area contributed by atoms with Gasteiger partial charge in [-0.15, -0.1) is 0 Å². The van der Waals surface area contributed by atoms with Crippen molar-refractivity contribution in [3.63, 3.8) is 0 Å². The Morgan fingerprint density at radius 1 is 0.368 bits per heavy atom. The first-order valence-corrected chi connectivity index (χ1v) is 22.5. The Balaban J connectivity index is 4.52. The van der Waals surface area contributed by atoms with Crippen LogP contribution in [0.15, 0.2) is 109 Å². The molecule has 0 amide bonds. The second-order valence-electron chi connectivity index (χ2n) is 14.4. The van der Waals surface area contributed by atoms with Crippen molar-refractivity contribution >= 4 is 17.9 Å². The molecule has 1 unspecified atom stereocenters. The number of ether oxygens (including phenoxy) is 3. The molecule has 0 bridgehead atoms. The molecule has 1 atom stereocenters. The van der Waals surface area contributed by atoms with Crippen LogP contribution in [0.4, 0.5) is 0 Å². The number of allylic oxidation sites excluding steroid dienone is 18. The highest BCUT2D eigenvalue weighted by atomic mass is 16.6. The summed E-state index contributed by atoms with van der Waals surface area (Å²) in [5.74, 6) is -0.994. The molecule has 0 radical (unpaired) electrons. The Kier molecular flexibility index (Phi) is 41.7. The predicted octanol–water partition coefficient (Wildman–Crippen LogP) is 14.4. The molecule has 0 saturated carbocycles. The molecule has 0 saturated heterocycles. The minimum atomic E-state index is -0.809. The van der Waals surface area contributed by atoms with E-state index < -0.39 is 6.10 Å². The lowest BCUT2D eigenvalue weighted by molar-refractivity contribution is -0.167. The highest BCUT2D eigenvalue weighted by Crippen LogP contribution is 2.12. The van der Waals surface area contributed by atoms with E-state index in [0.29, 0.717) is 12.8 Å². The SMILES string of the molecule is CC\C=C/C=C\C=C/C=C\CCCCCCCC(=O)OCC(COC(=O)CCCCC/C=C\C=C/CCCC)OC(=O)CCCCCCC\C=C/C=C\C=C/CC. The van der Waals surface area contributed by atoms with Crippen molar-refractivity contribution in [1.82, 2.24) is 0 Å². The maximum Gasteiger partial charge on any atom is 0.306 e. The summed E-state index contributed by atoms with van der Waals surface area (Å²) in [6.45, 7) is 6.21. The van der Waals surface area contributed by atoms with Gasteiger partial charge in [-0.1, -0.05) is 188 Å². The van der Waals surface area contributed by atoms with Gasteiger partial charge in [-0.05, 0) is 77.0 Å². The van der Waals surface area contributed by atoms with Crippen LogP contribution in [-0.4, -0.2) is 37.2 Å². The molecule has 57 heavy (non-hydrogen) atoms. The maximum atomic E-state index is 12.7. The molecule has 0 aromatic heterocycles. The normalized spacial score (nSPS) is 13.1. The summed E-state index contributed by atoms with van der Waals surface area (Å²) in [5.41, 5.74) is 0. The van der Waals surface area contributed by atoms with Crippen molar-refractivity contribution in [1.29, 1.82) is 0 Å². The van der Waals surface area contributed by atoms with Crippen molar-refractivity contribution in [3.8, 4) is 0 Å². The average molecular weight is 789 g/mol. The second-order valence-corrected chi connectivity index (χ2v) is 14.4. The number of carbonyl (C=O) groups excluding carboxylic acids is 3. The van der Waals surface area contributed by atoms with Gasteiger partial charge in [0.25, 0.3) is 0 Å². The zero-order valence-corrected chi connectivity index (χ0v) is 36.3. The number of hydrogen-bond donors (Lipinski definition) is 0. The smallest absolute Gasteiger partial charge is 0.306 e. The molecule has 0 aromatic rings. The lowest BCUT2D eigenvalue weighted by Crippen LogP contribution is -2.30. The van der Waals surface area contributed by atoms with E-state index >= 15 is 0 Å². The largest absolute Gasteiger partial charge is 0.462 e. The molecule has 0 aliphatic rings. The first kappa shape index (κ1) is 53.1. The van der Waals surface area contributed by atoms with Crippen LogP contribution in [0, 0.1) is 0 Å². The van der Waals surface area contributed by atoms with E-state index in [9.17, 15) is 14.4 Å². The summed E-state index contributed by atoms with van der Waals surface area (Å²) < 4.78 is 16.6. The molecule has 6 heteroatoms. The zero-order valence-electron chi connectivity index (χ0n) is 36.3. The molecule has 0 spiro atoms. The molecule has 0 N–H and O–H groups in total. The first-order chi connectivity index (χ1) is 28.0. The van der Waals surface area contributed by atoms with E-state index in [4.69, 9.17) is 14.2 Å². The van der Waals surface area contributed by atoms with E-state index in [1.54, 1.807) is 0 Å². The van der Waals surface area contributed by atoms with Crippen LogP contribution in [0.2, 0.25) is 0 Å². The topological polar surface area (TPSA) is 78.9 Å². The fraction of sp³-hybridized carbons (Fsp3) is 0.588. The van der Waals surface area contributed by atoms with Crippen LogP contribution < -0.4 is 0 Å². The maximum absolute atomic E-state index is 12.7. The molecule has 6 nitrogen and oxygen atoms in total. The number of carbonyl (C=O) groups is 3. The number of hydrogen-bond acceptors (Lipinski definition) is 6. The zero-order chi connectivity index (χ0) is 41.5. The van der Waals surface area contributed by atoms with E-state index in [2.05, 4.69) is 99.8 Å². The molecule has 0 rings (SSSR count). The molecule has 0 aliphatic heterocycles. The quantitative estimate of drug-likeness (QED) is 0.0268. The van der Waals surface area contributed by atoms with Gasteiger partial charge in [-0.3, -0.25) is 14.4 Å². The third kappa shape index (κ3) is 43.0. The number of rotatable bonds is 38.